The number of esters is 1. The highest BCUT2D eigenvalue weighted by Crippen LogP contribution is 2.25. The first-order valence-electron chi connectivity index (χ1n) is 4.15. The predicted octanol–water partition coefficient (Wildman–Crippen LogP) is 1.44. The lowest BCUT2D eigenvalue weighted by molar-refractivity contribution is -0.147. The van der Waals surface area contributed by atoms with Gasteiger partial charge in [-0.15, -0.1) is 0 Å². The highest BCUT2D eigenvalue weighted by molar-refractivity contribution is 5.71. The third kappa shape index (κ3) is 1.35. The number of H-pyrrole nitrogens is 1. The van der Waals surface area contributed by atoms with Crippen molar-refractivity contribution in [2.45, 2.75) is 18.8 Å². The molecule has 0 saturated carbocycles. The van der Waals surface area contributed by atoms with Crippen LogP contribution in [0.15, 0.2) is 18.3 Å². The summed E-state index contributed by atoms with van der Waals surface area (Å²) in [7, 11) is 0. The third-order valence-corrected chi connectivity index (χ3v) is 2.20. The Hall–Kier alpha value is -1.25. The fraction of sp³-hybridized carbons (Fsp3) is 0.444. The number of aromatic nitrogens is 1. The van der Waals surface area contributed by atoms with E-state index in [9.17, 15) is 4.79 Å². The fourth-order valence-electron chi connectivity index (χ4n) is 1.54. The van der Waals surface area contributed by atoms with E-state index >= 15 is 0 Å². The number of aromatic amines is 1. The average Bonchev–Trinajstić information content (AvgIpc) is 2.56. The van der Waals surface area contributed by atoms with Crippen LogP contribution in [0.5, 0.6) is 0 Å². The number of carbonyl (C=O) groups is 1. The molecule has 1 saturated heterocycles. The summed E-state index contributed by atoms with van der Waals surface area (Å²) in [5.74, 6) is 0.252. The van der Waals surface area contributed by atoms with E-state index in [1.165, 1.54) is 0 Å². The Morgan fingerprint density at radius 1 is 1.58 bits per heavy atom. The van der Waals surface area contributed by atoms with Crippen molar-refractivity contribution < 1.29 is 9.53 Å². The molecule has 1 N–H and O–H groups in total. The van der Waals surface area contributed by atoms with E-state index in [2.05, 4.69) is 4.98 Å². The largest absolute Gasteiger partial charge is 0.466 e. The van der Waals surface area contributed by atoms with Crippen LogP contribution in [-0.2, 0) is 9.53 Å². The molecule has 1 aromatic rings. The van der Waals surface area contributed by atoms with Gasteiger partial charge in [-0.1, -0.05) is 0 Å². The van der Waals surface area contributed by atoms with Crippen LogP contribution in [0.25, 0.3) is 0 Å². The van der Waals surface area contributed by atoms with Gasteiger partial charge in [0.15, 0.2) is 0 Å². The molecule has 64 valence electrons. The standard InChI is InChI=1S/C9H11NO2/c11-9-6-7(3-5-12-9)8-2-1-4-10-8/h1-2,4,7,10H,3,5-6H2. The zero-order valence-electron chi connectivity index (χ0n) is 6.75. The zero-order chi connectivity index (χ0) is 8.39. The molecule has 3 nitrogen and oxygen atoms in total. The molecule has 0 aliphatic carbocycles. The summed E-state index contributed by atoms with van der Waals surface area (Å²) in [6, 6.07) is 3.97. The molecule has 2 rings (SSSR count). The van der Waals surface area contributed by atoms with Crippen molar-refractivity contribution in [1.29, 1.82) is 0 Å². The minimum Gasteiger partial charge on any atom is -0.466 e. The van der Waals surface area contributed by atoms with E-state index in [0.717, 1.165) is 12.1 Å². The molecule has 1 fully saturated rings. The van der Waals surface area contributed by atoms with Gasteiger partial charge in [-0.05, 0) is 18.6 Å². The van der Waals surface area contributed by atoms with E-state index < -0.39 is 0 Å². The lowest BCUT2D eigenvalue weighted by atomic mass is 9.96. The first-order chi connectivity index (χ1) is 5.86. The molecule has 1 aliphatic rings. The summed E-state index contributed by atoms with van der Waals surface area (Å²) < 4.78 is 4.85. The lowest BCUT2D eigenvalue weighted by Gasteiger charge is -2.19. The van der Waals surface area contributed by atoms with Crippen LogP contribution in [-0.4, -0.2) is 17.6 Å². The molecule has 1 aliphatic heterocycles. The topological polar surface area (TPSA) is 42.1 Å². The Morgan fingerprint density at radius 3 is 3.17 bits per heavy atom. The molecule has 0 bridgehead atoms. The third-order valence-electron chi connectivity index (χ3n) is 2.20. The van der Waals surface area contributed by atoms with Gasteiger partial charge in [0.25, 0.3) is 0 Å². The van der Waals surface area contributed by atoms with E-state index in [1.807, 2.05) is 18.3 Å². The molecule has 0 amide bonds. The summed E-state index contributed by atoms with van der Waals surface area (Å²) in [5, 5.41) is 0. The second-order valence-corrected chi connectivity index (χ2v) is 3.04. The molecule has 0 spiro atoms. The SMILES string of the molecule is O=C1CC(c2ccc[nH]2)CCO1. The zero-order valence-corrected chi connectivity index (χ0v) is 6.75. The van der Waals surface area contributed by atoms with Gasteiger partial charge in [0.2, 0.25) is 0 Å². The van der Waals surface area contributed by atoms with Crippen molar-refractivity contribution in [1.82, 2.24) is 4.98 Å². The maximum absolute atomic E-state index is 10.9. The van der Waals surface area contributed by atoms with Crippen molar-refractivity contribution >= 4 is 5.97 Å². The molecule has 0 radical (unpaired) electrons. The Bertz CT molecular complexity index is 266. The number of ether oxygens (including phenoxy) is 1. The lowest BCUT2D eigenvalue weighted by Crippen LogP contribution is -2.19. The predicted molar refractivity (Wildman–Crippen MR) is 43.7 cm³/mol. The highest BCUT2D eigenvalue weighted by Gasteiger charge is 2.22. The Labute approximate surface area is 70.7 Å². The van der Waals surface area contributed by atoms with Crippen LogP contribution < -0.4 is 0 Å². The Morgan fingerprint density at radius 2 is 2.50 bits per heavy atom. The minimum absolute atomic E-state index is 0.0825. The van der Waals surface area contributed by atoms with Gasteiger partial charge in [0.1, 0.15) is 0 Å². The number of hydrogen-bond donors (Lipinski definition) is 1. The maximum Gasteiger partial charge on any atom is 0.306 e. The molecular formula is C9H11NO2. The van der Waals surface area contributed by atoms with E-state index in [4.69, 9.17) is 4.74 Å². The minimum atomic E-state index is -0.0825. The van der Waals surface area contributed by atoms with Crippen LogP contribution in [0.3, 0.4) is 0 Å². The van der Waals surface area contributed by atoms with Gasteiger partial charge in [0, 0.05) is 17.8 Å². The second-order valence-electron chi connectivity index (χ2n) is 3.04. The molecule has 1 aromatic heterocycles. The number of carbonyl (C=O) groups excluding carboxylic acids is 1. The van der Waals surface area contributed by atoms with Gasteiger partial charge >= 0.3 is 5.97 Å². The van der Waals surface area contributed by atoms with Gasteiger partial charge in [-0.25, -0.2) is 0 Å². The van der Waals surface area contributed by atoms with Crippen LogP contribution in [0.4, 0.5) is 0 Å². The number of nitrogens with one attached hydrogen (secondary N) is 1. The Balaban J connectivity index is 2.09. The molecule has 2 heterocycles. The van der Waals surface area contributed by atoms with Crippen molar-refractivity contribution in [2.75, 3.05) is 6.61 Å². The van der Waals surface area contributed by atoms with Crippen LogP contribution in [0.1, 0.15) is 24.5 Å². The first-order valence-corrected chi connectivity index (χ1v) is 4.15. The normalized spacial score (nSPS) is 23.7. The summed E-state index contributed by atoms with van der Waals surface area (Å²) in [4.78, 5) is 14.1. The summed E-state index contributed by atoms with van der Waals surface area (Å²) in [6.45, 7) is 0.558. The summed E-state index contributed by atoms with van der Waals surface area (Å²) in [6.07, 6.45) is 3.34. The van der Waals surface area contributed by atoms with Gasteiger partial charge in [-0.2, -0.15) is 0 Å². The number of hydrogen-bond acceptors (Lipinski definition) is 2. The smallest absolute Gasteiger partial charge is 0.306 e. The molecule has 0 aromatic carbocycles. The fourth-order valence-corrected chi connectivity index (χ4v) is 1.54. The van der Waals surface area contributed by atoms with Gasteiger partial charge in [0.05, 0.1) is 13.0 Å². The Kier molecular flexibility index (Phi) is 1.86. The molecule has 1 unspecified atom stereocenters. The number of rotatable bonds is 1. The van der Waals surface area contributed by atoms with Crippen LogP contribution in [0, 0.1) is 0 Å². The quantitative estimate of drug-likeness (QED) is 0.640. The van der Waals surface area contributed by atoms with E-state index in [-0.39, 0.29) is 5.97 Å². The van der Waals surface area contributed by atoms with Gasteiger partial charge in [-0.3, -0.25) is 4.79 Å². The molecule has 3 heteroatoms. The van der Waals surface area contributed by atoms with Gasteiger partial charge < -0.3 is 9.72 Å². The van der Waals surface area contributed by atoms with Crippen molar-refractivity contribution in [3.8, 4) is 0 Å². The van der Waals surface area contributed by atoms with Crippen LogP contribution >= 0.6 is 0 Å². The van der Waals surface area contributed by atoms with Crippen molar-refractivity contribution in [3.05, 3.63) is 24.0 Å². The van der Waals surface area contributed by atoms with Crippen molar-refractivity contribution in [2.24, 2.45) is 0 Å². The molecular weight excluding hydrogens is 154 g/mol. The summed E-state index contributed by atoms with van der Waals surface area (Å²) in [5.41, 5.74) is 1.15. The maximum atomic E-state index is 10.9. The van der Waals surface area contributed by atoms with Crippen molar-refractivity contribution in [3.63, 3.8) is 0 Å². The van der Waals surface area contributed by atoms with E-state index in [0.29, 0.717) is 18.9 Å². The summed E-state index contributed by atoms with van der Waals surface area (Å²) >= 11 is 0. The molecule has 12 heavy (non-hydrogen) atoms. The monoisotopic (exact) mass is 165 g/mol. The highest BCUT2D eigenvalue weighted by atomic mass is 16.5. The van der Waals surface area contributed by atoms with Crippen LogP contribution in [0.2, 0.25) is 0 Å². The number of cyclic esters (lactones) is 1. The second kappa shape index (κ2) is 3.01. The average molecular weight is 165 g/mol. The first kappa shape index (κ1) is 7.40. The molecule has 1 atom stereocenters. The van der Waals surface area contributed by atoms with E-state index in [1.54, 1.807) is 0 Å².